The Hall–Kier alpha value is -4.03. The van der Waals surface area contributed by atoms with Crippen molar-refractivity contribution in [3.8, 4) is 0 Å². The summed E-state index contributed by atoms with van der Waals surface area (Å²) in [6.45, 7) is 7.82. The van der Waals surface area contributed by atoms with Crippen LogP contribution in [-0.4, -0.2) is 98.2 Å². The lowest BCUT2D eigenvalue weighted by Crippen LogP contribution is -2.51. The summed E-state index contributed by atoms with van der Waals surface area (Å²) in [7, 11) is 1.53. The monoisotopic (exact) mass is 527 g/mol. The van der Waals surface area contributed by atoms with Crippen molar-refractivity contribution in [1.29, 1.82) is 0 Å². The number of amides is 3. The second-order valence-electron chi connectivity index (χ2n) is 9.59. The highest BCUT2D eigenvalue weighted by atomic mass is 16.6. The fraction of sp³-hybridized carbons (Fsp3) is 0.560. The van der Waals surface area contributed by atoms with Gasteiger partial charge in [0, 0.05) is 57.9 Å². The molecule has 3 amide bonds. The molecular formula is C25H33N7O6. The van der Waals surface area contributed by atoms with E-state index in [1.807, 2.05) is 13.0 Å². The Balaban J connectivity index is 1.46. The van der Waals surface area contributed by atoms with Crippen LogP contribution in [-0.2, 0) is 11.8 Å². The number of nitrogens with zero attached hydrogens (tertiary/aromatic N) is 7. The van der Waals surface area contributed by atoms with Crippen molar-refractivity contribution < 1.29 is 24.0 Å². The summed E-state index contributed by atoms with van der Waals surface area (Å²) in [5, 5.41) is 15.6. The number of rotatable bonds is 5. The second-order valence-corrected chi connectivity index (χ2v) is 9.59. The number of ether oxygens (including phenoxy) is 1. The summed E-state index contributed by atoms with van der Waals surface area (Å²) in [6.07, 6.45) is 0.776. The van der Waals surface area contributed by atoms with Gasteiger partial charge >= 0.3 is 11.8 Å². The molecule has 0 radical (unpaired) electrons. The lowest BCUT2D eigenvalue weighted by atomic mass is 9.89. The number of nitro groups is 1. The first-order valence-electron chi connectivity index (χ1n) is 12.8. The van der Waals surface area contributed by atoms with Crippen LogP contribution in [0.1, 0.15) is 63.6 Å². The van der Waals surface area contributed by atoms with Gasteiger partial charge in [0.25, 0.3) is 11.8 Å². The molecule has 2 aliphatic heterocycles. The molecule has 2 aromatic rings. The maximum Gasteiger partial charge on any atom is 0.409 e. The minimum absolute atomic E-state index is 0.0301. The zero-order chi connectivity index (χ0) is 27.6. The fourth-order valence-corrected chi connectivity index (χ4v) is 5.16. The molecule has 0 aromatic carbocycles. The molecule has 4 heterocycles. The molecule has 2 aromatic heterocycles. The molecule has 0 bridgehead atoms. The predicted molar refractivity (Wildman–Crippen MR) is 136 cm³/mol. The molecule has 0 aliphatic carbocycles. The molecule has 0 saturated carbocycles. The standard InChI is InChI=1S/C25H33N7O6/c1-5-38-25(35)31-14-12-30(13-15-31)23(33)19-7-6-16(2)26-20(19)18-8-10-29(11-9-18)24(34)22-21(32(36)37)17(3)27-28(22)4/h6-7,18H,5,8-15H2,1-4H3. The van der Waals surface area contributed by atoms with Gasteiger partial charge in [0.15, 0.2) is 0 Å². The third kappa shape index (κ3) is 5.31. The summed E-state index contributed by atoms with van der Waals surface area (Å²) in [6, 6.07) is 3.62. The maximum absolute atomic E-state index is 13.5. The van der Waals surface area contributed by atoms with E-state index in [-0.39, 0.29) is 35.0 Å². The number of hydrogen-bond donors (Lipinski definition) is 0. The Kier molecular flexibility index (Phi) is 7.93. The quantitative estimate of drug-likeness (QED) is 0.425. The highest BCUT2D eigenvalue weighted by molar-refractivity contribution is 5.97. The Morgan fingerprint density at radius 3 is 2.21 bits per heavy atom. The number of carbonyl (C=O) groups excluding carboxylic acids is 3. The number of piperazine rings is 1. The van der Waals surface area contributed by atoms with Gasteiger partial charge in [0.05, 0.1) is 22.8 Å². The van der Waals surface area contributed by atoms with Crippen LogP contribution in [0.3, 0.4) is 0 Å². The molecule has 13 heteroatoms. The number of aryl methyl sites for hydroxylation is 3. The molecule has 0 unspecified atom stereocenters. The third-order valence-corrected chi connectivity index (χ3v) is 7.13. The number of aromatic nitrogens is 3. The lowest BCUT2D eigenvalue weighted by Gasteiger charge is -2.35. The van der Waals surface area contributed by atoms with E-state index in [2.05, 4.69) is 5.10 Å². The number of piperidine rings is 1. The first kappa shape index (κ1) is 27.0. The van der Waals surface area contributed by atoms with Crippen LogP contribution in [0, 0.1) is 24.0 Å². The minimum Gasteiger partial charge on any atom is -0.450 e. The number of likely N-dealkylation sites (tertiary alicyclic amines) is 1. The molecule has 38 heavy (non-hydrogen) atoms. The van der Waals surface area contributed by atoms with Gasteiger partial charge in [-0.05, 0) is 45.7 Å². The highest BCUT2D eigenvalue weighted by Gasteiger charge is 2.35. The van der Waals surface area contributed by atoms with Crippen molar-refractivity contribution in [2.75, 3.05) is 45.9 Å². The highest BCUT2D eigenvalue weighted by Crippen LogP contribution is 2.32. The molecule has 204 valence electrons. The van der Waals surface area contributed by atoms with Crippen molar-refractivity contribution in [2.24, 2.45) is 7.05 Å². The van der Waals surface area contributed by atoms with Gasteiger partial charge in [-0.3, -0.25) is 29.4 Å². The summed E-state index contributed by atoms with van der Waals surface area (Å²) >= 11 is 0. The molecular weight excluding hydrogens is 494 g/mol. The first-order valence-corrected chi connectivity index (χ1v) is 12.8. The van der Waals surface area contributed by atoms with Gasteiger partial charge in [-0.15, -0.1) is 0 Å². The van der Waals surface area contributed by atoms with Crippen molar-refractivity contribution in [3.05, 3.63) is 50.6 Å². The van der Waals surface area contributed by atoms with Gasteiger partial charge in [-0.1, -0.05) is 0 Å². The van der Waals surface area contributed by atoms with Crippen LogP contribution in [0.25, 0.3) is 0 Å². The molecule has 13 nitrogen and oxygen atoms in total. The van der Waals surface area contributed by atoms with Crippen molar-refractivity contribution >= 4 is 23.6 Å². The molecule has 2 aliphatic rings. The Labute approximate surface area is 220 Å². The van der Waals surface area contributed by atoms with E-state index in [1.54, 1.807) is 27.7 Å². The lowest BCUT2D eigenvalue weighted by molar-refractivity contribution is -0.385. The van der Waals surface area contributed by atoms with E-state index in [0.29, 0.717) is 70.0 Å². The smallest absolute Gasteiger partial charge is 0.409 e. The number of hydrogen-bond acceptors (Lipinski definition) is 8. The minimum atomic E-state index is -0.566. The third-order valence-electron chi connectivity index (χ3n) is 7.13. The van der Waals surface area contributed by atoms with Gasteiger partial charge in [0.1, 0.15) is 5.69 Å². The van der Waals surface area contributed by atoms with E-state index in [0.717, 1.165) is 5.69 Å². The average molecular weight is 528 g/mol. The summed E-state index contributed by atoms with van der Waals surface area (Å²) in [5.74, 6) is -0.594. The van der Waals surface area contributed by atoms with E-state index in [4.69, 9.17) is 9.72 Å². The van der Waals surface area contributed by atoms with Gasteiger partial charge in [-0.2, -0.15) is 5.10 Å². The number of pyridine rings is 1. The van der Waals surface area contributed by atoms with E-state index in [9.17, 15) is 24.5 Å². The molecule has 0 atom stereocenters. The van der Waals surface area contributed by atoms with Crippen LogP contribution < -0.4 is 0 Å². The topological polar surface area (TPSA) is 144 Å². The van der Waals surface area contributed by atoms with E-state index >= 15 is 0 Å². The first-order chi connectivity index (χ1) is 18.1. The average Bonchev–Trinajstić information content (AvgIpc) is 3.21. The van der Waals surface area contributed by atoms with Crippen LogP contribution >= 0.6 is 0 Å². The van der Waals surface area contributed by atoms with Crippen LogP contribution in [0.4, 0.5) is 10.5 Å². The molecule has 2 saturated heterocycles. The Morgan fingerprint density at radius 1 is 1.00 bits per heavy atom. The zero-order valence-corrected chi connectivity index (χ0v) is 22.2. The van der Waals surface area contributed by atoms with Crippen molar-refractivity contribution in [2.45, 2.75) is 39.5 Å². The van der Waals surface area contributed by atoms with E-state index < -0.39 is 10.8 Å². The molecule has 4 rings (SSSR count). The molecule has 0 spiro atoms. The normalized spacial score (nSPS) is 16.5. The summed E-state index contributed by atoms with van der Waals surface area (Å²) in [5.41, 5.74) is 1.93. The summed E-state index contributed by atoms with van der Waals surface area (Å²) in [4.78, 5) is 59.3. The van der Waals surface area contributed by atoms with Crippen molar-refractivity contribution in [1.82, 2.24) is 29.5 Å². The molecule has 0 N–H and O–H groups in total. The Bertz CT molecular complexity index is 1240. The van der Waals surface area contributed by atoms with Gasteiger partial charge in [-0.25, -0.2) is 4.79 Å². The van der Waals surface area contributed by atoms with Crippen LogP contribution in [0.5, 0.6) is 0 Å². The largest absolute Gasteiger partial charge is 0.450 e. The SMILES string of the molecule is CCOC(=O)N1CCN(C(=O)c2ccc(C)nc2C2CCN(C(=O)c3c([N+](=O)[O-])c(C)nn3C)CC2)CC1. The maximum atomic E-state index is 13.5. The summed E-state index contributed by atoms with van der Waals surface area (Å²) < 4.78 is 6.33. The fourth-order valence-electron chi connectivity index (χ4n) is 5.16. The number of carbonyl (C=O) groups is 3. The van der Waals surface area contributed by atoms with Crippen molar-refractivity contribution in [3.63, 3.8) is 0 Å². The molecule has 2 fully saturated rings. The van der Waals surface area contributed by atoms with Gasteiger partial charge in [0.2, 0.25) is 5.69 Å². The van der Waals surface area contributed by atoms with E-state index in [1.165, 1.54) is 18.7 Å². The van der Waals surface area contributed by atoms with Crippen LogP contribution in [0.15, 0.2) is 12.1 Å². The predicted octanol–water partition coefficient (Wildman–Crippen LogP) is 2.27. The van der Waals surface area contributed by atoms with Gasteiger partial charge < -0.3 is 19.4 Å². The van der Waals surface area contributed by atoms with Crippen LogP contribution in [0.2, 0.25) is 0 Å². The second kappa shape index (κ2) is 11.2. The zero-order valence-electron chi connectivity index (χ0n) is 22.2. The Morgan fingerprint density at radius 2 is 1.61 bits per heavy atom.